The van der Waals surface area contributed by atoms with Crippen molar-refractivity contribution in [3.8, 4) is 0 Å². The first kappa shape index (κ1) is 17.7. The minimum absolute atomic E-state index is 0.795. The third-order valence-corrected chi connectivity index (χ3v) is 4.07. The van der Waals surface area contributed by atoms with Crippen LogP contribution < -0.4 is 0 Å². The van der Waals surface area contributed by atoms with Crippen LogP contribution >= 0.6 is 0 Å². The molecule has 0 aromatic carbocycles. The number of hydrogen-bond acceptors (Lipinski definition) is 0. The van der Waals surface area contributed by atoms with Gasteiger partial charge in [-0.2, -0.15) is 0 Å². The van der Waals surface area contributed by atoms with E-state index in [0.29, 0.717) is 0 Å². The summed E-state index contributed by atoms with van der Waals surface area (Å²) in [5.74, 6) is 1.67. The average Bonchev–Trinajstić information content (AvgIpc) is 2.38. The molecule has 0 rings (SSSR count). The third-order valence-electron chi connectivity index (χ3n) is 4.07. The van der Waals surface area contributed by atoms with E-state index >= 15 is 0 Å². The highest BCUT2D eigenvalue weighted by atomic mass is 14.2. The Morgan fingerprint density at radius 1 is 0.889 bits per heavy atom. The van der Waals surface area contributed by atoms with E-state index in [4.69, 9.17) is 0 Å². The van der Waals surface area contributed by atoms with E-state index in [0.717, 1.165) is 11.8 Å². The highest BCUT2D eigenvalue weighted by molar-refractivity contribution is 5.00. The molecule has 0 bridgehead atoms. The summed E-state index contributed by atoms with van der Waals surface area (Å²) < 4.78 is 0. The van der Waals surface area contributed by atoms with Gasteiger partial charge in [0.15, 0.2) is 0 Å². The van der Waals surface area contributed by atoms with Gasteiger partial charge < -0.3 is 0 Å². The van der Waals surface area contributed by atoms with E-state index in [2.05, 4.69) is 34.3 Å². The maximum atomic E-state index is 4.38. The van der Waals surface area contributed by atoms with Crippen LogP contribution in [0.5, 0.6) is 0 Å². The van der Waals surface area contributed by atoms with Crippen LogP contribution in [0.15, 0.2) is 12.2 Å². The van der Waals surface area contributed by atoms with E-state index in [1.165, 1.54) is 69.8 Å². The van der Waals surface area contributed by atoms with Gasteiger partial charge >= 0.3 is 0 Å². The second kappa shape index (κ2) is 11.8. The zero-order valence-electron chi connectivity index (χ0n) is 13.4. The summed E-state index contributed by atoms with van der Waals surface area (Å²) in [5, 5.41) is 0. The summed E-state index contributed by atoms with van der Waals surface area (Å²) in [6.07, 6.45) is 13.4. The molecule has 2 atom stereocenters. The summed E-state index contributed by atoms with van der Waals surface area (Å²) in [5.41, 5.74) is 1.54. The third kappa shape index (κ3) is 8.78. The first-order valence-electron chi connectivity index (χ1n) is 8.33. The Morgan fingerprint density at radius 3 is 2.00 bits per heavy atom. The van der Waals surface area contributed by atoms with Gasteiger partial charge in [0.2, 0.25) is 0 Å². The van der Waals surface area contributed by atoms with Gasteiger partial charge in [0.25, 0.3) is 0 Å². The van der Waals surface area contributed by atoms with Gasteiger partial charge in [-0.3, -0.25) is 0 Å². The lowest BCUT2D eigenvalue weighted by Gasteiger charge is -2.23. The number of hydrogen-bond donors (Lipinski definition) is 0. The van der Waals surface area contributed by atoms with Gasteiger partial charge in [0.1, 0.15) is 0 Å². The number of unbranched alkanes of at least 4 members (excludes halogenated alkanes) is 3. The molecule has 0 aromatic heterocycles. The van der Waals surface area contributed by atoms with Gasteiger partial charge in [-0.15, -0.1) is 0 Å². The molecule has 0 saturated heterocycles. The van der Waals surface area contributed by atoms with Crippen LogP contribution in [-0.2, 0) is 0 Å². The number of allylic oxidation sites excluding steroid dienone is 1. The molecule has 0 radical (unpaired) electrons. The molecule has 0 N–H and O–H groups in total. The van der Waals surface area contributed by atoms with Crippen LogP contribution in [-0.4, -0.2) is 0 Å². The Hall–Kier alpha value is -0.260. The van der Waals surface area contributed by atoms with Crippen molar-refractivity contribution in [2.24, 2.45) is 11.8 Å². The first-order chi connectivity index (χ1) is 8.65. The Labute approximate surface area is 116 Å². The second-order valence-electron chi connectivity index (χ2n) is 6.08. The largest absolute Gasteiger partial charge is 0.0996 e. The lowest BCUT2D eigenvalue weighted by molar-refractivity contribution is 0.371. The molecule has 0 spiro atoms. The SMILES string of the molecule is C=C(CCCC)C(CCCC)CC(C)CCCC. The molecule has 0 heteroatoms. The lowest BCUT2D eigenvalue weighted by Crippen LogP contribution is -2.09. The quantitative estimate of drug-likeness (QED) is 0.337. The predicted molar refractivity (Wildman–Crippen MR) is 85.0 cm³/mol. The van der Waals surface area contributed by atoms with Crippen LogP contribution in [0, 0.1) is 11.8 Å². The van der Waals surface area contributed by atoms with Crippen molar-refractivity contribution in [3.05, 3.63) is 12.2 Å². The molecule has 0 aliphatic rings. The fourth-order valence-electron chi connectivity index (χ4n) is 2.70. The lowest BCUT2D eigenvalue weighted by atomic mass is 9.83. The summed E-state index contributed by atoms with van der Waals surface area (Å²) in [6.45, 7) is 13.7. The molecule has 0 fully saturated rings. The van der Waals surface area contributed by atoms with E-state index < -0.39 is 0 Å². The van der Waals surface area contributed by atoms with Crippen molar-refractivity contribution in [2.75, 3.05) is 0 Å². The highest BCUT2D eigenvalue weighted by Gasteiger charge is 2.15. The summed E-state index contributed by atoms with van der Waals surface area (Å²) in [4.78, 5) is 0. The zero-order chi connectivity index (χ0) is 13.8. The molecule has 2 unspecified atom stereocenters. The molecular weight excluding hydrogens is 216 g/mol. The fourth-order valence-corrected chi connectivity index (χ4v) is 2.70. The van der Waals surface area contributed by atoms with Crippen LogP contribution in [0.25, 0.3) is 0 Å². The van der Waals surface area contributed by atoms with Gasteiger partial charge in [-0.05, 0) is 37.5 Å². The molecule has 0 aliphatic carbocycles. The maximum Gasteiger partial charge on any atom is -0.0203 e. The van der Waals surface area contributed by atoms with E-state index in [9.17, 15) is 0 Å². The monoisotopic (exact) mass is 252 g/mol. The first-order valence-corrected chi connectivity index (χ1v) is 8.33. The van der Waals surface area contributed by atoms with E-state index in [1.54, 1.807) is 0 Å². The molecule has 18 heavy (non-hydrogen) atoms. The van der Waals surface area contributed by atoms with E-state index in [1.807, 2.05) is 0 Å². The van der Waals surface area contributed by atoms with Gasteiger partial charge in [-0.25, -0.2) is 0 Å². The maximum absolute atomic E-state index is 4.38. The Kier molecular flexibility index (Phi) is 11.6. The van der Waals surface area contributed by atoms with Crippen LogP contribution in [0.3, 0.4) is 0 Å². The topological polar surface area (TPSA) is 0 Å². The van der Waals surface area contributed by atoms with Gasteiger partial charge in [0.05, 0.1) is 0 Å². The van der Waals surface area contributed by atoms with E-state index in [-0.39, 0.29) is 0 Å². The van der Waals surface area contributed by atoms with Crippen molar-refractivity contribution in [3.63, 3.8) is 0 Å². The normalized spacial score (nSPS) is 14.4. The molecular formula is C18H36. The second-order valence-corrected chi connectivity index (χ2v) is 6.08. The van der Waals surface area contributed by atoms with Crippen molar-refractivity contribution in [1.82, 2.24) is 0 Å². The predicted octanol–water partition coefficient (Wildman–Crippen LogP) is 6.76. The number of rotatable bonds is 12. The van der Waals surface area contributed by atoms with Crippen molar-refractivity contribution in [1.29, 1.82) is 0 Å². The molecule has 108 valence electrons. The Bertz CT molecular complexity index is 192. The van der Waals surface area contributed by atoms with Crippen LogP contribution in [0.4, 0.5) is 0 Å². The molecule has 0 aromatic rings. The molecule has 0 nitrogen and oxygen atoms in total. The van der Waals surface area contributed by atoms with Crippen molar-refractivity contribution in [2.45, 2.75) is 91.9 Å². The smallest absolute Gasteiger partial charge is 0.0203 e. The van der Waals surface area contributed by atoms with Crippen LogP contribution in [0.1, 0.15) is 91.9 Å². The summed E-state index contributed by atoms with van der Waals surface area (Å²) in [6, 6.07) is 0. The van der Waals surface area contributed by atoms with Crippen molar-refractivity contribution < 1.29 is 0 Å². The van der Waals surface area contributed by atoms with Gasteiger partial charge in [-0.1, -0.05) is 78.4 Å². The van der Waals surface area contributed by atoms with Crippen LogP contribution in [0.2, 0.25) is 0 Å². The molecule has 0 amide bonds. The minimum Gasteiger partial charge on any atom is -0.0996 e. The van der Waals surface area contributed by atoms with Crippen molar-refractivity contribution >= 4 is 0 Å². The Balaban J connectivity index is 4.15. The standard InChI is InChI=1S/C18H36/c1-6-9-12-16(4)15-18(14-11-8-3)17(5)13-10-7-2/h16,18H,5-15H2,1-4H3. The highest BCUT2D eigenvalue weighted by Crippen LogP contribution is 2.29. The minimum atomic E-state index is 0.795. The summed E-state index contributed by atoms with van der Waals surface area (Å²) in [7, 11) is 0. The summed E-state index contributed by atoms with van der Waals surface area (Å²) >= 11 is 0. The van der Waals surface area contributed by atoms with Gasteiger partial charge in [0, 0.05) is 0 Å². The zero-order valence-corrected chi connectivity index (χ0v) is 13.4. The average molecular weight is 252 g/mol. The molecule has 0 aliphatic heterocycles. The fraction of sp³-hybridized carbons (Fsp3) is 0.889. The molecule has 0 saturated carbocycles. The Morgan fingerprint density at radius 2 is 1.44 bits per heavy atom. The molecule has 0 heterocycles.